The Balaban J connectivity index is 0.00000147. The zero-order valence-corrected chi connectivity index (χ0v) is 14.5. The second-order valence-corrected chi connectivity index (χ2v) is 6.21. The first-order valence-electron chi connectivity index (χ1n) is 7.31. The smallest absolute Gasteiger partial charge is 0.188 e. The number of benzene rings is 1. The van der Waals surface area contributed by atoms with E-state index in [1.54, 1.807) is 0 Å². The summed E-state index contributed by atoms with van der Waals surface area (Å²) < 4.78 is 0. The van der Waals surface area contributed by atoms with Crippen LogP contribution in [0, 0.1) is 11.8 Å². The first kappa shape index (κ1) is 15.6. The topological polar surface area (TPSA) is 50.4 Å². The molecule has 3 N–H and O–H groups in total. The highest BCUT2D eigenvalue weighted by Gasteiger charge is 2.55. The molecular formula is C16H24IN3. The van der Waals surface area contributed by atoms with Gasteiger partial charge in [-0.1, -0.05) is 38.1 Å². The van der Waals surface area contributed by atoms with Crippen molar-refractivity contribution in [3.63, 3.8) is 0 Å². The average Bonchev–Trinajstić information content (AvgIpc) is 2.88. The van der Waals surface area contributed by atoms with E-state index in [4.69, 9.17) is 5.73 Å². The van der Waals surface area contributed by atoms with Crippen LogP contribution in [0.15, 0.2) is 29.3 Å². The molecule has 1 saturated carbocycles. The third-order valence-corrected chi connectivity index (χ3v) is 4.34. The number of fused-ring (bicyclic) bond motifs is 3. The minimum Gasteiger partial charge on any atom is -0.370 e. The molecule has 0 aromatic heterocycles. The van der Waals surface area contributed by atoms with Gasteiger partial charge in [0, 0.05) is 18.5 Å². The second-order valence-electron chi connectivity index (χ2n) is 6.21. The predicted octanol–water partition coefficient (Wildman–Crippen LogP) is 2.89. The molecular weight excluding hydrogens is 361 g/mol. The fourth-order valence-corrected chi connectivity index (χ4v) is 3.21. The van der Waals surface area contributed by atoms with E-state index in [9.17, 15) is 0 Å². The number of guanidine groups is 1. The van der Waals surface area contributed by atoms with Crippen LogP contribution < -0.4 is 11.1 Å². The van der Waals surface area contributed by atoms with Crippen LogP contribution >= 0.6 is 24.0 Å². The van der Waals surface area contributed by atoms with Crippen molar-refractivity contribution in [1.29, 1.82) is 0 Å². The maximum absolute atomic E-state index is 5.96. The molecule has 3 atom stereocenters. The van der Waals surface area contributed by atoms with Crippen LogP contribution in [-0.2, 0) is 6.42 Å². The number of aliphatic imine (C=N–C) groups is 1. The van der Waals surface area contributed by atoms with Crippen molar-refractivity contribution in [3.8, 4) is 0 Å². The van der Waals surface area contributed by atoms with Gasteiger partial charge in [0.1, 0.15) is 0 Å². The van der Waals surface area contributed by atoms with Gasteiger partial charge < -0.3 is 11.1 Å². The summed E-state index contributed by atoms with van der Waals surface area (Å²) in [6.07, 6.45) is 2.29. The van der Waals surface area contributed by atoms with Gasteiger partial charge in [-0.2, -0.15) is 0 Å². The monoisotopic (exact) mass is 385 g/mol. The maximum Gasteiger partial charge on any atom is 0.188 e. The number of nitrogens with two attached hydrogens (primary N) is 1. The Morgan fingerprint density at radius 1 is 1.40 bits per heavy atom. The van der Waals surface area contributed by atoms with Gasteiger partial charge in [-0.25, -0.2) is 0 Å². The van der Waals surface area contributed by atoms with E-state index in [-0.39, 0.29) is 24.0 Å². The predicted molar refractivity (Wildman–Crippen MR) is 94.7 cm³/mol. The molecule has 2 aliphatic carbocycles. The van der Waals surface area contributed by atoms with Crippen LogP contribution in [0.1, 0.15) is 37.3 Å². The molecule has 0 bridgehead atoms. The van der Waals surface area contributed by atoms with Gasteiger partial charge in [-0.15, -0.1) is 24.0 Å². The minimum atomic E-state index is 0. The summed E-state index contributed by atoms with van der Waals surface area (Å²) in [5.74, 6) is 2.70. The Morgan fingerprint density at radius 3 is 2.90 bits per heavy atom. The fourth-order valence-electron chi connectivity index (χ4n) is 3.21. The van der Waals surface area contributed by atoms with Crippen LogP contribution in [0.3, 0.4) is 0 Å². The SMILES string of the molecule is CC(C)CCN=C(N)NC1C2Cc3ccccc3C21.I. The first-order valence-corrected chi connectivity index (χ1v) is 7.31. The highest BCUT2D eigenvalue weighted by atomic mass is 127. The van der Waals surface area contributed by atoms with Crippen LogP contribution in [-0.4, -0.2) is 18.5 Å². The van der Waals surface area contributed by atoms with Gasteiger partial charge >= 0.3 is 0 Å². The summed E-state index contributed by atoms with van der Waals surface area (Å²) in [5, 5.41) is 3.40. The summed E-state index contributed by atoms with van der Waals surface area (Å²) in [7, 11) is 0. The lowest BCUT2D eigenvalue weighted by molar-refractivity contribution is 0.595. The largest absolute Gasteiger partial charge is 0.370 e. The lowest BCUT2D eigenvalue weighted by Crippen LogP contribution is -2.35. The van der Waals surface area contributed by atoms with Crippen molar-refractivity contribution in [2.24, 2.45) is 22.6 Å². The van der Waals surface area contributed by atoms with E-state index < -0.39 is 0 Å². The Bertz CT molecular complexity index is 498. The number of hydrogen-bond donors (Lipinski definition) is 2. The fraction of sp³-hybridized carbons (Fsp3) is 0.562. The zero-order chi connectivity index (χ0) is 13.4. The van der Waals surface area contributed by atoms with E-state index in [1.807, 2.05) is 0 Å². The van der Waals surface area contributed by atoms with Gasteiger partial charge in [-0.05, 0) is 35.8 Å². The normalized spacial score (nSPS) is 26.8. The summed E-state index contributed by atoms with van der Waals surface area (Å²) in [6, 6.07) is 9.29. The molecule has 0 aliphatic heterocycles. The summed E-state index contributed by atoms with van der Waals surface area (Å²) in [5.41, 5.74) is 9.00. The van der Waals surface area contributed by atoms with Crippen LogP contribution in [0.4, 0.5) is 0 Å². The molecule has 0 spiro atoms. The molecule has 3 unspecified atom stereocenters. The Labute approximate surface area is 138 Å². The Hall–Kier alpha value is -0.780. The number of rotatable bonds is 4. The van der Waals surface area contributed by atoms with E-state index >= 15 is 0 Å². The standard InChI is InChI=1S/C16H23N3.HI/c1-10(2)7-8-18-16(17)19-15-13-9-11-5-3-4-6-12(11)14(13)15;/h3-6,10,13-15H,7-9H2,1-2H3,(H3,17,18,19);1H. The molecule has 0 saturated heterocycles. The number of nitrogens with one attached hydrogen (secondary N) is 1. The quantitative estimate of drug-likeness (QED) is 0.476. The number of halogens is 1. The highest BCUT2D eigenvalue weighted by Crippen LogP contribution is 2.56. The Kier molecular flexibility index (Phi) is 4.94. The molecule has 1 aromatic rings. The van der Waals surface area contributed by atoms with Crippen LogP contribution in [0.5, 0.6) is 0 Å². The van der Waals surface area contributed by atoms with Crippen LogP contribution in [0.25, 0.3) is 0 Å². The van der Waals surface area contributed by atoms with Crippen molar-refractivity contribution in [2.45, 2.75) is 38.6 Å². The zero-order valence-electron chi connectivity index (χ0n) is 12.2. The first-order chi connectivity index (χ1) is 9.16. The molecule has 0 heterocycles. The summed E-state index contributed by atoms with van der Waals surface area (Å²) >= 11 is 0. The van der Waals surface area contributed by atoms with Gasteiger partial charge in [0.25, 0.3) is 0 Å². The van der Waals surface area contributed by atoms with Crippen molar-refractivity contribution in [1.82, 2.24) is 5.32 Å². The van der Waals surface area contributed by atoms with Crippen molar-refractivity contribution >= 4 is 29.9 Å². The van der Waals surface area contributed by atoms with E-state index in [0.717, 1.165) is 18.9 Å². The molecule has 1 aromatic carbocycles. The van der Waals surface area contributed by atoms with Crippen molar-refractivity contribution in [2.75, 3.05) is 6.54 Å². The third-order valence-electron chi connectivity index (χ3n) is 4.34. The van der Waals surface area contributed by atoms with Crippen molar-refractivity contribution < 1.29 is 0 Å². The molecule has 0 radical (unpaired) electrons. The van der Waals surface area contributed by atoms with E-state index in [2.05, 4.69) is 48.4 Å². The molecule has 1 fully saturated rings. The third kappa shape index (κ3) is 3.10. The number of hydrogen-bond acceptors (Lipinski definition) is 1. The average molecular weight is 385 g/mol. The molecule has 4 heteroatoms. The van der Waals surface area contributed by atoms with Gasteiger partial charge in [0.15, 0.2) is 5.96 Å². The summed E-state index contributed by atoms with van der Waals surface area (Å²) in [6.45, 7) is 5.25. The maximum atomic E-state index is 5.96. The van der Waals surface area contributed by atoms with E-state index in [0.29, 0.717) is 23.8 Å². The Morgan fingerprint density at radius 2 is 2.15 bits per heavy atom. The molecule has 3 nitrogen and oxygen atoms in total. The highest BCUT2D eigenvalue weighted by molar-refractivity contribution is 14.0. The van der Waals surface area contributed by atoms with Crippen LogP contribution in [0.2, 0.25) is 0 Å². The van der Waals surface area contributed by atoms with Gasteiger partial charge in [-0.3, -0.25) is 4.99 Å². The van der Waals surface area contributed by atoms with Gasteiger partial charge in [0.05, 0.1) is 0 Å². The second kappa shape index (κ2) is 6.33. The lowest BCUT2D eigenvalue weighted by Gasteiger charge is -2.10. The molecule has 2 aliphatic rings. The minimum absolute atomic E-state index is 0. The van der Waals surface area contributed by atoms with Crippen molar-refractivity contribution in [3.05, 3.63) is 35.4 Å². The summed E-state index contributed by atoms with van der Waals surface area (Å²) in [4.78, 5) is 4.41. The molecule has 110 valence electrons. The van der Waals surface area contributed by atoms with E-state index in [1.165, 1.54) is 17.5 Å². The molecule has 3 rings (SSSR count). The molecule has 20 heavy (non-hydrogen) atoms. The molecule has 0 amide bonds. The van der Waals surface area contributed by atoms with Gasteiger partial charge in [0.2, 0.25) is 0 Å². The number of nitrogens with zero attached hydrogens (tertiary/aromatic N) is 1. The lowest BCUT2D eigenvalue weighted by atomic mass is 10.1.